The van der Waals surface area contributed by atoms with Crippen LogP contribution in [0.5, 0.6) is 5.75 Å². The van der Waals surface area contributed by atoms with E-state index in [4.69, 9.17) is 10.6 Å². The number of nitrogens with two attached hydrogens (primary N) is 1. The highest BCUT2D eigenvalue weighted by molar-refractivity contribution is 6.99. The fourth-order valence-corrected chi connectivity index (χ4v) is 2.14. The number of hydrogen-bond acceptors (Lipinski definition) is 6. The van der Waals surface area contributed by atoms with Crippen LogP contribution in [0.25, 0.3) is 0 Å². The Bertz CT molecular complexity index is 506. The Morgan fingerprint density at radius 1 is 1.56 bits per heavy atom. The molecule has 0 saturated heterocycles. The third-order valence-corrected chi connectivity index (χ3v) is 3.12. The van der Waals surface area contributed by atoms with E-state index in [2.05, 4.69) is 14.2 Å². The summed E-state index contributed by atoms with van der Waals surface area (Å²) < 4.78 is 26.9. The van der Waals surface area contributed by atoms with Crippen LogP contribution in [0.1, 0.15) is 17.3 Å². The van der Waals surface area contributed by atoms with Crippen molar-refractivity contribution < 1.29 is 9.13 Å². The second-order valence-electron chi connectivity index (χ2n) is 3.69. The van der Waals surface area contributed by atoms with E-state index in [1.54, 1.807) is 24.4 Å². The number of halogens is 1. The van der Waals surface area contributed by atoms with Crippen LogP contribution in [-0.4, -0.2) is 15.9 Å². The van der Waals surface area contributed by atoms with Crippen molar-refractivity contribution >= 4 is 11.7 Å². The Balaban J connectivity index is 2.22. The minimum Gasteiger partial charge on any atom is -0.494 e. The summed E-state index contributed by atoms with van der Waals surface area (Å²) >= 11 is 1.09. The molecule has 96 valence electrons. The van der Waals surface area contributed by atoms with Gasteiger partial charge in [0, 0.05) is 0 Å². The molecule has 2 rings (SSSR count). The average Bonchev–Trinajstić information content (AvgIpc) is 2.91. The number of ether oxygens (including phenoxy) is 1. The second-order valence-corrected chi connectivity index (χ2v) is 4.25. The van der Waals surface area contributed by atoms with Gasteiger partial charge in [-0.2, -0.15) is 8.75 Å². The van der Waals surface area contributed by atoms with Crippen LogP contribution in [0.15, 0.2) is 24.4 Å². The molecule has 1 aromatic carbocycles. The molecule has 1 unspecified atom stereocenters. The number of methoxy groups -OCH3 is 1. The molecule has 0 spiro atoms. The summed E-state index contributed by atoms with van der Waals surface area (Å²) in [5.74, 6) is 5.32. The Morgan fingerprint density at radius 2 is 2.39 bits per heavy atom. The van der Waals surface area contributed by atoms with Crippen LogP contribution in [0, 0.1) is 5.82 Å². The zero-order valence-corrected chi connectivity index (χ0v) is 10.6. The lowest BCUT2D eigenvalue weighted by Crippen LogP contribution is -2.30. The predicted octanol–water partition coefficient (Wildman–Crippen LogP) is 1.43. The van der Waals surface area contributed by atoms with E-state index < -0.39 is 0 Å². The molecular weight excluding hydrogens is 255 g/mol. The summed E-state index contributed by atoms with van der Waals surface area (Å²) in [6.45, 7) is 0. The van der Waals surface area contributed by atoms with E-state index in [0.29, 0.717) is 17.7 Å². The molecule has 0 aliphatic heterocycles. The van der Waals surface area contributed by atoms with Crippen molar-refractivity contribution in [1.29, 1.82) is 0 Å². The first-order chi connectivity index (χ1) is 8.76. The molecule has 5 nitrogen and oxygen atoms in total. The normalized spacial score (nSPS) is 12.4. The van der Waals surface area contributed by atoms with Gasteiger partial charge in [-0.15, -0.1) is 0 Å². The van der Waals surface area contributed by atoms with E-state index in [1.807, 2.05) is 0 Å². The van der Waals surface area contributed by atoms with Crippen molar-refractivity contribution in [2.45, 2.75) is 12.5 Å². The van der Waals surface area contributed by atoms with Crippen LogP contribution < -0.4 is 16.0 Å². The highest BCUT2D eigenvalue weighted by atomic mass is 32.1. The van der Waals surface area contributed by atoms with Gasteiger partial charge in [-0.3, -0.25) is 11.3 Å². The molecule has 0 fully saturated rings. The highest BCUT2D eigenvalue weighted by Crippen LogP contribution is 2.24. The number of hydrogen-bond donors (Lipinski definition) is 2. The molecule has 0 bridgehead atoms. The second kappa shape index (κ2) is 5.85. The molecule has 0 amide bonds. The van der Waals surface area contributed by atoms with Gasteiger partial charge in [-0.1, -0.05) is 12.1 Å². The van der Waals surface area contributed by atoms with Crippen LogP contribution >= 0.6 is 11.7 Å². The fraction of sp³-hybridized carbons (Fsp3) is 0.273. The van der Waals surface area contributed by atoms with Gasteiger partial charge in [-0.05, 0) is 18.1 Å². The van der Waals surface area contributed by atoms with Gasteiger partial charge >= 0.3 is 0 Å². The third-order valence-electron chi connectivity index (χ3n) is 2.62. The first-order valence-corrected chi connectivity index (χ1v) is 6.04. The maximum Gasteiger partial charge on any atom is 0.168 e. The summed E-state index contributed by atoms with van der Waals surface area (Å²) in [4.78, 5) is 0. The standard InChI is InChI=1S/C11H13FN4OS/c1-17-10-4-2-3-7(11(10)12)5-8(15-13)9-6-14-18-16-9/h2-4,6,8,15H,5,13H2,1H3. The fourth-order valence-electron chi connectivity index (χ4n) is 1.67. The first kappa shape index (κ1) is 12.9. The third kappa shape index (κ3) is 2.63. The molecule has 1 heterocycles. The molecule has 7 heteroatoms. The molecule has 18 heavy (non-hydrogen) atoms. The molecule has 0 aliphatic carbocycles. The maximum atomic E-state index is 14.0. The Morgan fingerprint density at radius 3 is 3.00 bits per heavy atom. The zero-order valence-electron chi connectivity index (χ0n) is 9.76. The molecule has 0 radical (unpaired) electrons. The molecule has 1 aromatic heterocycles. The Hall–Kier alpha value is -1.57. The largest absolute Gasteiger partial charge is 0.494 e. The molecule has 0 aliphatic rings. The van der Waals surface area contributed by atoms with Gasteiger partial charge in [0.05, 0.1) is 36.8 Å². The van der Waals surface area contributed by atoms with Gasteiger partial charge < -0.3 is 4.74 Å². The van der Waals surface area contributed by atoms with Gasteiger partial charge in [0.25, 0.3) is 0 Å². The number of benzene rings is 1. The smallest absolute Gasteiger partial charge is 0.168 e. The number of hydrazine groups is 1. The molecule has 3 N–H and O–H groups in total. The van der Waals surface area contributed by atoms with Crippen molar-refractivity contribution in [3.05, 3.63) is 41.5 Å². The number of rotatable bonds is 5. The molecular formula is C11H13FN4OS. The summed E-state index contributed by atoms with van der Waals surface area (Å²) in [5, 5.41) is 0. The quantitative estimate of drug-likeness (QED) is 0.634. The van der Waals surface area contributed by atoms with Crippen LogP contribution in [0.2, 0.25) is 0 Å². The highest BCUT2D eigenvalue weighted by Gasteiger charge is 2.17. The summed E-state index contributed by atoms with van der Waals surface area (Å²) in [5.41, 5.74) is 3.83. The van der Waals surface area contributed by atoms with Gasteiger partial charge in [0.2, 0.25) is 0 Å². The van der Waals surface area contributed by atoms with Crippen molar-refractivity contribution in [2.24, 2.45) is 5.84 Å². The lowest BCUT2D eigenvalue weighted by atomic mass is 10.0. The van der Waals surface area contributed by atoms with Gasteiger partial charge in [0.15, 0.2) is 11.6 Å². The molecule has 0 saturated carbocycles. The predicted molar refractivity (Wildman–Crippen MR) is 66.6 cm³/mol. The topological polar surface area (TPSA) is 73.1 Å². The van der Waals surface area contributed by atoms with E-state index >= 15 is 0 Å². The first-order valence-electron chi connectivity index (χ1n) is 5.31. The van der Waals surface area contributed by atoms with Crippen LogP contribution in [0.4, 0.5) is 4.39 Å². The van der Waals surface area contributed by atoms with Crippen LogP contribution in [-0.2, 0) is 6.42 Å². The minimum atomic E-state index is -0.372. The van der Waals surface area contributed by atoms with Crippen molar-refractivity contribution in [2.75, 3.05) is 7.11 Å². The minimum absolute atomic E-state index is 0.222. The van der Waals surface area contributed by atoms with E-state index in [9.17, 15) is 4.39 Å². The lowest BCUT2D eigenvalue weighted by Gasteiger charge is -2.14. The zero-order chi connectivity index (χ0) is 13.0. The number of nitrogens with one attached hydrogen (secondary N) is 1. The van der Waals surface area contributed by atoms with E-state index in [1.165, 1.54) is 7.11 Å². The summed E-state index contributed by atoms with van der Waals surface area (Å²) in [6.07, 6.45) is 2.00. The van der Waals surface area contributed by atoms with Crippen molar-refractivity contribution in [3.8, 4) is 5.75 Å². The van der Waals surface area contributed by atoms with E-state index in [0.717, 1.165) is 11.7 Å². The monoisotopic (exact) mass is 268 g/mol. The van der Waals surface area contributed by atoms with Gasteiger partial charge in [0.1, 0.15) is 0 Å². The summed E-state index contributed by atoms with van der Waals surface area (Å²) in [7, 11) is 1.44. The van der Waals surface area contributed by atoms with Crippen LogP contribution in [0.3, 0.4) is 0 Å². The molecule has 1 atom stereocenters. The SMILES string of the molecule is COc1cccc(CC(NN)c2cnsn2)c1F. The lowest BCUT2D eigenvalue weighted by molar-refractivity contribution is 0.382. The van der Waals surface area contributed by atoms with Crippen molar-refractivity contribution in [3.63, 3.8) is 0 Å². The average molecular weight is 268 g/mol. The van der Waals surface area contributed by atoms with E-state index in [-0.39, 0.29) is 17.6 Å². The number of aromatic nitrogens is 2. The Labute approximate surface area is 108 Å². The summed E-state index contributed by atoms with van der Waals surface area (Å²) in [6, 6.07) is 4.74. The van der Waals surface area contributed by atoms with Gasteiger partial charge in [-0.25, -0.2) is 4.39 Å². The van der Waals surface area contributed by atoms with Crippen molar-refractivity contribution in [1.82, 2.24) is 14.2 Å². The molecule has 2 aromatic rings. The number of nitrogens with zero attached hydrogens (tertiary/aromatic N) is 2. The Kier molecular flexibility index (Phi) is 4.19. The maximum absolute atomic E-state index is 14.0.